The van der Waals surface area contributed by atoms with Gasteiger partial charge in [-0.25, -0.2) is 4.68 Å². The molecule has 0 fully saturated rings. The van der Waals surface area contributed by atoms with Gasteiger partial charge in [0.05, 0.1) is 28.2 Å². The number of aromatic amines is 1. The number of rotatable bonds is 3. The number of halogens is 2. The number of carbonyl (C=O) groups excluding carboxylic acids is 1. The summed E-state index contributed by atoms with van der Waals surface area (Å²) in [4.78, 5) is 25.9. The van der Waals surface area contributed by atoms with Crippen LogP contribution in [0.2, 0.25) is 10.0 Å². The molecule has 146 valence electrons. The van der Waals surface area contributed by atoms with Gasteiger partial charge < -0.3 is 0 Å². The van der Waals surface area contributed by atoms with E-state index in [0.717, 1.165) is 0 Å². The Labute approximate surface area is 176 Å². The van der Waals surface area contributed by atoms with E-state index in [1.165, 1.54) is 9.69 Å². The highest BCUT2D eigenvalue weighted by molar-refractivity contribution is 6.33. The quantitative estimate of drug-likeness (QED) is 0.622. The van der Waals surface area contributed by atoms with Gasteiger partial charge in [-0.2, -0.15) is 10.1 Å². The van der Waals surface area contributed by atoms with Gasteiger partial charge in [-0.1, -0.05) is 29.3 Å². The number of carbonyl (C=O) groups is 1. The van der Waals surface area contributed by atoms with E-state index in [9.17, 15) is 9.59 Å². The highest BCUT2D eigenvalue weighted by atomic mass is 35.5. The number of hydrogen-bond acceptors (Lipinski definition) is 3. The second-order valence-electron chi connectivity index (χ2n) is 6.61. The lowest BCUT2D eigenvalue weighted by Gasteiger charge is -2.11. The Morgan fingerprint density at radius 1 is 0.966 bits per heavy atom. The van der Waals surface area contributed by atoms with Crippen molar-refractivity contribution < 1.29 is 4.79 Å². The average molecular weight is 427 g/mol. The van der Waals surface area contributed by atoms with Crippen LogP contribution in [0.5, 0.6) is 0 Å². The van der Waals surface area contributed by atoms with Crippen LogP contribution in [0, 0.1) is 6.92 Å². The summed E-state index contributed by atoms with van der Waals surface area (Å²) in [5, 5.41) is 9.74. The lowest BCUT2D eigenvalue weighted by molar-refractivity contribution is -0.114. The Balaban J connectivity index is 1.73. The minimum Gasteiger partial charge on any atom is -0.295 e. The molecule has 0 radical (unpaired) electrons. The molecular formula is C21H16Cl2N4O2. The zero-order valence-electron chi connectivity index (χ0n) is 15.6. The number of benzene rings is 2. The van der Waals surface area contributed by atoms with Crippen LogP contribution in [0.3, 0.4) is 0 Å². The van der Waals surface area contributed by atoms with Crippen molar-refractivity contribution in [2.45, 2.75) is 13.8 Å². The maximum Gasteiger partial charge on any atom is 0.280 e. The predicted molar refractivity (Wildman–Crippen MR) is 116 cm³/mol. The minimum atomic E-state index is -0.317. The fourth-order valence-corrected chi connectivity index (χ4v) is 3.42. The van der Waals surface area contributed by atoms with Gasteiger partial charge >= 0.3 is 0 Å². The monoisotopic (exact) mass is 426 g/mol. The summed E-state index contributed by atoms with van der Waals surface area (Å²) in [6, 6.07) is 13.8. The molecule has 2 heterocycles. The van der Waals surface area contributed by atoms with Gasteiger partial charge in [0.2, 0.25) is 0 Å². The standard InChI is InChI=1S/C21H16Cl2N4O2/c1-12-18(20(28)26(24-12)16-8-6-14(22)7-9-16)11-19-13(2)25-27(21(19)29)17-5-3-4-15(23)10-17/h3-11,24H,1-2H3/b19-11+. The molecule has 3 aromatic rings. The van der Waals surface area contributed by atoms with E-state index in [2.05, 4.69) is 10.2 Å². The Hall–Kier alpha value is -3.09. The molecule has 2 aromatic carbocycles. The second-order valence-corrected chi connectivity index (χ2v) is 7.48. The van der Waals surface area contributed by atoms with Crippen molar-refractivity contribution in [3.8, 4) is 5.69 Å². The number of nitrogens with one attached hydrogen (secondary N) is 1. The summed E-state index contributed by atoms with van der Waals surface area (Å²) in [5.41, 5.74) is 2.86. The number of hydrazone groups is 1. The third kappa shape index (κ3) is 3.52. The third-order valence-electron chi connectivity index (χ3n) is 4.61. The smallest absolute Gasteiger partial charge is 0.280 e. The first-order valence-electron chi connectivity index (χ1n) is 8.80. The van der Waals surface area contributed by atoms with Gasteiger partial charge in [-0.3, -0.25) is 14.7 Å². The van der Waals surface area contributed by atoms with Crippen LogP contribution >= 0.6 is 23.2 Å². The van der Waals surface area contributed by atoms with E-state index < -0.39 is 0 Å². The highest BCUT2D eigenvalue weighted by Gasteiger charge is 2.29. The van der Waals surface area contributed by atoms with E-state index in [4.69, 9.17) is 23.2 Å². The number of anilines is 1. The topological polar surface area (TPSA) is 70.5 Å². The van der Waals surface area contributed by atoms with E-state index in [1.54, 1.807) is 68.5 Å². The van der Waals surface area contributed by atoms with E-state index in [-0.39, 0.29) is 11.5 Å². The Kier molecular flexibility index (Phi) is 4.90. The fourth-order valence-electron chi connectivity index (χ4n) is 3.11. The number of nitrogens with zero attached hydrogens (tertiary/aromatic N) is 3. The molecule has 1 aliphatic heterocycles. The van der Waals surface area contributed by atoms with Crippen LogP contribution in [-0.4, -0.2) is 21.4 Å². The summed E-state index contributed by atoms with van der Waals surface area (Å²) < 4.78 is 1.42. The molecule has 6 nitrogen and oxygen atoms in total. The van der Waals surface area contributed by atoms with Crippen LogP contribution in [-0.2, 0) is 4.79 Å². The predicted octanol–water partition coefficient (Wildman–Crippen LogP) is 4.59. The van der Waals surface area contributed by atoms with Gasteiger partial charge in [0.15, 0.2) is 0 Å². The molecule has 29 heavy (non-hydrogen) atoms. The summed E-state index contributed by atoms with van der Waals surface area (Å²) in [5.74, 6) is -0.317. The number of aromatic nitrogens is 2. The number of amides is 1. The zero-order chi connectivity index (χ0) is 20.7. The summed E-state index contributed by atoms with van der Waals surface area (Å²) in [6.45, 7) is 3.51. The van der Waals surface area contributed by atoms with E-state index in [1.807, 2.05) is 0 Å². The lowest BCUT2D eigenvalue weighted by Crippen LogP contribution is -2.22. The average Bonchev–Trinajstić information content (AvgIpc) is 3.13. The third-order valence-corrected chi connectivity index (χ3v) is 5.09. The van der Waals surface area contributed by atoms with Crippen molar-refractivity contribution in [1.82, 2.24) is 9.78 Å². The molecule has 1 N–H and O–H groups in total. The Bertz CT molecular complexity index is 1240. The van der Waals surface area contributed by atoms with Crippen LogP contribution in [0.1, 0.15) is 18.2 Å². The summed E-state index contributed by atoms with van der Waals surface area (Å²) in [6.07, 6.45) is 1.58. The van der Waals surface area contributed by atoms with Crippen molar-refractivity contribution in [2.24, 2.45) is 5.10 Å². The molecule has 0 atom stereocenters. The molecule has 8 heteroatoms. The Morgan fingerprint density at radius 3 is 2.38 bits per heavy atom. The van der Waals surface area contributed by atoms with Crippen molar-refractivity contribution in [2.75, 3.05) is 5.01 Å². The minimum absolute atomic E-state index is 0.265. The van der Waals surface area contributed by atoms with Crippen molar-refractivity contribution in [3.63, 3.8) is 0 Å². The molecule has 4 rings (SSSR count). The van der Waals surface area contributed by atoms with Crippen molar-refractivity contribution in [1.29, 1.82) is 0 Å². The maximum absolute atomic E-state index is 12.9. The SMILES string of the molecule is CC1=NN(c2cccc(Cl)c2)C(=O)/C1=C/c1c(C)[nH]n(-c2ccc(Cl)cc2)c1=O. The number of H-pyrrole nitrogens is 1. The van der Waals surface area contributed by atoms with E-state index in [0.29, 0.717) is 44.0 Å². The van der Waals surface area contributed by atoms with Gasteiger partial charge in [-0.15, -0.1) is 0 Å². The zero-order valence-corrected chi connectivity index (χ0v) is 17.1. The second kappa shape index (κ2) is 7.39. The van der Waals surface area contributed by atoms with Crippen molar-refractivity contribution in [3.05, 3.63) is 85.8 Å². The molecule has 0 saturated heterocycles. The Morgan fingerprint density at radius 2 is 1.69 bits per heavy atom. The normalized spacial score (nSPS) is 15.3. The molecule has 1 aromatic heterocycles. The molecule has 0 bridgehead atoms. The molecule has 1 aliphatic rings. The van der Waals surface area contributed by atoms with Crippen LogP contribution in [0.15, 0.2) is 64.0 Å². The summed E-state index contributed by atoms with van der Waals surface area (Å²) in [7, 11) is 0. The van der Waals surface area contributed by atoms with Crippen LogP contribution in [0.25, 0.3) is 11.8 Å². The van der Waals surface area contributed by atoms with Crippen LogP contribution in [0.4, 0.5) is 5.69 Å². The molecule has 1 amide bonds. The first-order chi connectivity index (χ1) is 13.8. The first-order valence-corrected chi connectivity index (χ1v) is 9.55. The molecular weight excluding hydrogens is 411 g/mol. The summed E-state index contributed by atoms with van der Waals surface area (Å²) >= 11 is 12.0. The number of hydrogen-bond donors (Lipinski definition) is 1. The lowest BCUT2D eigenvalue weighted by atomic mass is 10.1. The van der Waals surface area contributed by atoms with Gasteiger partial charge in [-0.05, 0) is 62.4 Å². The number of aryl methyl sites for hydroxylation is 1. The maximum atomic E-state index is 12.9. The molecule has 0 aliphatic carbocycles. The van der Waals surface area contributed by atoms with Gasteiger partial charge in [0.1, 0.15) is 0 Å². The first kappa shape index (κ1) is 19.2. The van der Waals surface area contributed by atoms with E-state index >= 15 is 0 Å². The largest absolute Gasteiger partial charge is 0.295 e. The van der Waals surface area contributed by atoms with Gasteiger partial charge in [0.25, 0.3) is 11.5 Å². The van der Waals surface area contributed by atoms with Crippen LogP contribution < -0.4 is 10.6 Å². The molecule has 0 unspecified atom stereocenters. The van der Waals surface area contributed by atoms with Crippen molar-refractivity contribution >= 4 is 46.6 Å². The highest BCUT2D eigenvalue weighted by Crippen LogP contribution is 2.27. The molecule has 0 saturated carbocycles. The molecule has 0 spiro atoms. The fraction of sp³-hybridized carbons (Fsp3) is 0.0952. The van der Waals surface area contributed by atoms with Gasteiger partial charge in [0, 0.05) is 15.7 Å².